The summed E-state index contributed by atoms with van der Waals surface area (Å²) in [6.45, 7) is 1.87. The zero-order valence-corrected chi connectivity index (χ0v) is 10.6. The van der Waals surface area contributed by atoms with Crippen molar-refractivity contribution in [3.05, 3.63) is 35.4 Å². The van der Waals surface area contributed by atoms with E-state index in [2.05, 4.69) is 0 Å². The van der Waals surface area contributed by atoms with Crippen LogP contribution in [0, 0.1) is 6.92 Å². The molecule has 0 saturated carbocycles. The van der Waals surface area contributed by atoms with Crippen LogP contribution in [0.2, 0.25) is 0 Å². The monoisotopic (exact) mass is 281 g/mol. The molecule has 0 aliphatic heterocycles. The molecule has 0 aliphatic carbocycles. The van der Waals surface area contributed by atoms with Crippen molar-refractivity contribution >= 4 is 10.0 Å². The summed E-state index contributed by atoms with van der Waals surface area (Å²) in [7, 11) is -4.29. The molecule has 0 spiro atoms. The van der Waals surface area contributed by atoms with Gasteiger partial charge in [0.25, 0.3) is 0 Å². The highest BCUT2D eigenvalue weighted by Crippen LogP contribution is 2.16. The number of sulfonamides is 1. The summed E-state index contributed by atoms with van der Waals surface area (Å²) in [6.07, 6.45) is -4.35. The van der Waals surface area contributed by atoms with Crippen LogP contribution >= 0.6 is 0 Å². The maximum absolute atomic E-state index is 11.9. The topological polar surface area (TPSA) is 46.2 Å². The van der Waals surface area contributed by atoms with Crippen molar-refractivity contribution in [2.75, 3.05) is 12.3 Å². The summed E-state index contributed by atoms with van der Waals surface area (Å²) < 4.78 is 59.8. The number of hydrogen-bond acceptors (Lipinski definition) is 2. The SMILES string of the molecule is Cc1ccc(CCNS(=O)(=O)CC(F)(F)F)cc1. The van der Waals surface area contributed by atoms with E-state index < -0.39 is 22.0 Å². The molecule has 7 heteroatoms. The smallest absolute Gasteiger partial charge is 0.215 e. The molecule has 0 heterocycles. The van der Waals surface area contributed by atoms with Gasteiger partial charge in [-0.25, -0.2) is 13.1 Å². The Kier molecular flexibility index (Phi) is 4.75. The van der Waals surface area contributed by atoms with Crippen molar-refractivity contribution < 1.29 is 21.6 Å². The molecule has 0 aliphatic rings. The largest absolute Gasteiger partial charge is 0.404 e. The van der Waals surface area contributed by atoms with Gasteiger partial charge in [0.15, 0.2) is 5.75 Å². The Morgan fingerprint density at radius 1 is 1.17 bits per heavy atom. The number of nitrogens with one attached hydrogen (secondary N) is 1. The maximum atomic E-state index is 11.9. The van der Waals surface area contributed by atoms with Gasteiger partial charge in [-0.2, -0.15) is 13.2 Å². The molecular weight excluding hydrogens is 267 g/mol. The van der Waals surface area contributed by atoms with Crippen LogP contribution in [0.5, 0.6) is 0 Å². The number of alkyl halides is 3. The highest BCUT2D eigenvalue weighted by molar-refractivity contribution is 7.89. The third-order valence-electron chi connectivity index (χ3n) is 2.21. The Bertz CT molecular complexity index is 480. The Labute approximate surface area is 104 Å². The van der Waals surface area contributed by atoms with Gasteiger partial charge in [0.2, 0.25) is 10.0 Å². The van der Waals surface area contributed by atoms with Crippen molar-refractivity contribution in [3.8, 4) is 0 Å². The molecule has 1 aromatic carbocycles. The van der Waals surface area contributed by atoms with Crippen molar-refractivity contribution in [2.24, 2.45) is 0 Å². The van der Waals surface area contributed by atoms with Crippen LogP contribution in [-0.4, -0.2) is 26.9 Å². The van der Waals surface area contributed by atoms with Gasteiger partial charge in [0.05, 0.1) is 0 Å². The molecule has 1 N–H and O–H groups in total. The second kappa shape index (κ2) is 5.71. The Hall–Kier alpha value is -1.08. The second-order valence-electron chi connectivity index (χ2n) is 4.00. The minimum Gasteiger partial charge on any atom is -0.215 e. The summed E-state index contributed by atoms with van der Waals surface area (Å²) in [4.78, 5) is 0. The van der Waals surface area contributed by atoms with Crippen molar-refractivity contribution in [1.82, 2.24) is 4.72 Å². The first-order valence-corrected chi connectivity index (χ1v) is 6.93. The average molecular weight is 281 g/mol. The van der Waals surface area contributed by atoms with Gasteiger partial charge < -0.3 is 0 Å². The van der Waals surface area contributed by atoms with E-state index in [-0.39, 0.29) is 6.54 Å². The first-order valence-electron chi connectivity index (χ1n) is 5.28. The quantitative estimate of drug-likeness (QED) is 0.897. The second-order valence-corrected chi connectivity index (χ2v) is 5.81. The molecule has 1 aromatic rings. The van der Waals surface area contributed by atoms with Crippen LogP contribution in [0.1, 0.15) is 11.1 Å². The molecule has 0 bridgehead atoms. The molecule has 1 rings (SSSR count). The molecule has 0 atom stereocenters. The molecule has 0 unspecified atom stereocenters. The summed E-state index contributed by atoms with van der Waals surface area (Å²) in [5, 5.41) is 0. The third-order valence-corrected chi connectivity index (χ3v) is 3.56. The zero-order valence-electron chi connectivity index (χ0n) is 9.79. The fourth-order valence-corrected chi connectivity index (χ4v) is 2.32. The Morgan fingerprint density at radius 3 is 2.22 bits per heavy atom. The van der Waals surface area contributed by atoms with E-state index in [1.54, 1.807) is 0 Å². The van der Waals surface area contributed by atoms with E-state index in [4.69, 9.17) is 0 Å². The minimum absolute atomic E-state index is 0.0402. The van der Waals surface area contributed by atoms with Crippen LogP contribution in [0.4, 0.5) is 13.2 Å². The van der Waals surface area contributed by atoms with Crippen molar-refractivity contribution in [2.45, 2.75) is 19.5 Å². The van der Waals surface area contributed by atoms with E-state index in [0.29, 0.717) is 6.42 Å². The normalized spacial score (nSPS) is 12.7. The maximum Gasteiger partial charge on any atom is 0.404 e. The predicted molar refractivity (Wildman–Crippen MR) is 62.7 cm³/mol. The van der Waals surface area contributed by atoms with Crippen LogP contribution in [0.15, 0.2) is 24.3 Å². The predicted octanol–water partition coefficient (Wildman–Crippen LogP) is 2.02. The summed E-state index contributed by atoms with van der Waals surface area (Å²) >= 11 is 0. The van der Waals surface area contributed by atoms with Gasteiger partial charge in [-0.3, -0.25) is 0 Å². The lowest BCUT2D eigenvalue weighted by molar-refractivity contribution is -0.106. The van der Waals surface area contributed by atoms with E-state index in [0.717, 1.165) is 11.1 Å². The molecule has 18 heavy (non-hydrogen) atoms. The third kappa shape index (κ3) is 6.02. The summed E-state index contributed by atoms with van der Waals surface area (Å²) in [6, 6.07) is 7.35. The van der Waals surface area contributed by atoms with E-state index in [9.17, 15) is 21.6 Å². The van der Waals surface area contributed by atoms with Gasteiger partial charge >= 0.3 is 6.18 Å². The van der Waals surface area contributed by atoms with E-state index in [1.165, 1.54) is 0 Å². The lowest BCUT2D eigenvalue weighted by Gasteiger charge is -2.09. The first kappa shape index (κ1) is 15.0. The Morgan fingerprint density at radius 2 is 1.72 bits per heavy atom. The number of hydrogen-bond donors (Lipinski definition) is 1. The zero-order chi connectivity index (χ0) is 13.8. The number of aryl methyl sites for hydroxylation is 1. The molecule has 102 valence electrons. The Balaban J connectivity index is 2.44. The van der Waals surface area contributed by atoms with Crippen LogP contribution in [0.25, 0.3) is 0 Å². The fraction of sp³-hybridized carbons (Fsp3) is 0.455. The standard InChI is InChI=1S/C11H14F3NO2S/c1-9-2-4-10(5-3-9)6-7-15-18(16,17)8-11(12,13)14/h2-5,15H,6-8H2,1H3. The summed E-state index contributed by atoms with van der Waals surface area (Å²) in [5.41, 5.74) is 1.94. The molecule has 0 amide bonds. The minimum atomic E-state index is -4.71. The number of benzene rings is 1. The molecular formula is C11H14F3NO2S. The van der Waals surface area contributed by atoms with Gasteiger partial charge in [0.1, 0.15) is 0 Å². The lowest BCUT2D eigenvalue weighted by atomic mass is 10.1. The first-order chi connectivity index (χ1) is 8.18. The highest BCUT2D eigenvalue weighted by atomic mass is 32.2. The summed E-state index contributed by atoms with van der Waals surface area (Å²) in [5.74, 6) is -1.84. The average Bonchev–Trinajstić information content (AvgIpc) is 2.17. The lowest BCUT2D eigenvalue weighted by Crippen LogP contribution is -2.34. The highest BCUT2D eigenvalue weighted by Gasteiger charge is 2.34. The van der Waals surface area contributed by atoms with Crippen molar-refractivity contribution in [1.29, 1.82) is 0 Å². The van der Waals surface area contributed by atoms with E-state index >= 15 is 0 Å². The van der Waals surface area contributed by atoms with E-state index in [1.807, 2.05) is 35.9 Å². The fourth-order valence-electron chi connectivity index (χ4n) is 1.37. The molecule has 3 nitrogen and oxygen atoms in total. The molecule has 0 radical (unpaired) electrons. The molecule has 0 saturated heterocycles. The molecule has 0 fully saturated rings. The molecule has 0 aromatic heterocycles. The van der Waals surface area contributed by atoms with Crippen LogP contribution in [-0.2, 0) is 16.4 Å². The van der Waals surface area contributed by atoms with Crippen LogP contribution in [0.3, 0.4) is 0 Å². The van der Waals surface area contributed by atoms with Gasteiger partial charge in [-0.15, -0.1) is 0 Å². The van der Waals surface area contributed by atoms with Gasteiger partial charge in [-0.1, -0.05) is 29.8 Å². The van der Waals surface area contributed by atoms with Gasteiger partial charge in [-0.05, 0) is 18.9 Å². The number of halogens is 3. The van der Waals surface area contributed by atoms with Crippen LogP contribution < -0.4 is 4.72 Å². The van der Waals surface area contributed by atoms with Crippen molar-refractivity contribution in [3.63, 3.8) is 0 Å². The number of rotatable bonds is 5. The van der Waals surface area contributed by atoms with Gasteiger partial charge in [0, 0.05) is 6.54 Å².